The average Bonchev–Trinajstić information content (AvgIpc) is 3.60. The molecule has 3 heterocycles. The van der Waals surface area contributed by atoms with Crippen molar-refractivity contribution in [2.75, 3.05) is 11.9 Å². The summed E-state index contributed by atoms with van der Waals surface area (Å²) in [6.45, 7) is 1.37. The van der Waals surface area contributed by atoms with Crippen LogP contribution in [-0.2, 0) is 11.3 Å². The summed E-state index contributed by atoms with van der Waals surface area (Å²) in [7, 11) is 0. The first-order chi connectivity index (χ1) is 17.0. The minimum Gasteiger partial charge on any atom is -0.368 e. The van der Waals surface area contributed by atoms with Crippen molar-refractivity contribution < 1.29 is 14.0 Å². The number of hydrogen-bond donors (Lipinski definition) is 2. The number of primary amides is 1. The lowest BCUT2D eigenvalue weighted by molar-refractivity contribution is -0.122. The van der Waals surface area contributed by atoms with Gasteiger partial charge in [-0.05, 0) is 61.3 Å². The van der Waals surface area contributed by atoms with E-state index >= 15 is 0 Å². The molecule has 2 amide bonds. The van der Waals surface area contributed by atoms with Gasteiger partial charge in [0.05, 0.1) is 12.2 Å². The van der Waals surface area contributed by atoms with E-state index in [9.17, 15) is 14.0 Å². The van der Waals surface area contributed by atoms with Gasteiger partial charge in [0.15, 0.2) is 5.82 Å². The lowest BCUT2D eigenvalue weighted by Gasteiger charge is -2.22. The highest BCUT2D eigenvalue weighted by Gasteiger charge is 2.29. The third kappa shape index (κ3) is 4.58. The molecule has 1 fully saturated rings. The highest BCUT2D eigenvalue weighted by atomic mass is 19.1. The molecular weight excluding hydrogens is 447 g/mol. The summed E-state index contributed by atoms with van der Waals surface area (Å²) in [5, 5.41) is 7.25. The van der Waals surface area contributed by atoms with Crippen molar-refractivity contribution in [1.82, 2.24) is 19.2 Å². The molecule has 4 aromatic rings. The van der Waals surface area contributed by atoms with Crippen LogP contribution in [-0.4, -0.2) is 43.6 Å². The van der Waals surface area contributed by atoms with Gasteiger partial charge in [0.25, 0.3) is 5.91 Å². The van der Waals surface area contributed by atoms with E-state index in [1.165, 1.54) is 16.9 Å². The van der Waals surface area contributed by atoms with Gasteiger partial charge in [0.1, 0.15) is 17.1 Å². The fraction of sp³-hybridized carbons (Fsp3) is 0.192. The molecule has 35 heavy (non-hydrogen) atoms. The van der Waals surface area contributed by atoms with Crippen LogP contribution in [0.2, 0.25) is 0 Å². The van der Waals surface area contributed by atoms with Crippen LogP contribution in [0.3, 0.4) is 0 Å². The molecule has 0 radical (unpaired) electrons. The number of nitrogens with zero attached hydrogens (tertiary/aromatic N) is 4. The Balaban J connectivity index is 1.42. The SMILES string of the molecule is NC(=O)C1CCCN1Cc1cccc(NC(=O)c2cnn(-c3ccccc3F)c2-n2cccc2)c1. The molecule has 0 bridgehead atoms. The number of likely N-dealkylation sites (tertiary alicyclic amines) is 1. The number of carbonyl (C=O) groups excluding carboxylic acids is 2. The van der Waals surface area contributed by atoms with Gasteiger partial charge in [-0.1, -0.05) is 24.3 Å². The van der Waals surface area contributed by atoms with Crippen molar-refractivity contribution in [3.8, 4) is 11.5 Å². The first kappa shape index (κ1) is 22.5. The minimum atomic E-state index is -0.445. The number of amides is 2. The van der Waals surface area contributed by atoms with Gasteiger partial charge >= 0.3 is 0 Å². The summed E-state index contributed by atoms with van der Waals surface area (Å²) in [6, 6.07) is 17.1. The first-order valence-electron chi connectivity index (χ1n) is 11.4. The molecule has 9 heteroatoms. The number of hydrogen-bond acceptors (Lipinski definition) is 4. The molecule has 2 aromatic heterocycles. The summed E-state index contributed by atoms with van der Waals surface area (Å²) in [4.78, 5) is 27.1. The quantitative estimate of drug-likeness (QED) is 0.430. The van der Waals surface area contributed by atoms with Crippen molar-refractivity contribution in [2.45, 2.75) is 25.4 Å². The largest absolute Gasteiger partial charge is 0.368 e. The van der Waals surface area contributed by atoms with Crippen LogP contribution in [0.25, 0.3) is 11.5 Å². The van der Waals surface area contributed by atoms with E-state index in [1.54, 1.807) is 41.2 Å². The number of benzene rings is 2. The number of nitrogens with one attached hydrogen (secondary N) is 1. The summed E-state index contributed by atoms with van der Waals surface area (Å²) in [5.41, 5.74) is 7.65. The molecule has 1 aliphatic rings. The monoisotopic (exact) mass is 472 g/mol. The summed E-state index contributed by atoms with van der Waals surface area (Å²) < 4.78 is 17.7. The normalized spacial score (nSPS) is 15.9. The number of halogens is 1. The number of para-hydroxylation sites is 1. The predicted octanol–water partition coefficient (Wildman–Crippen LogP) is 3.50. The van der Waals surface area contributed by atoms with E-state index < -0.39 is 5.82 Å². The molecule has 3 N–H and O–H groups in total. The van der Waals surface area contributed by atoms with Gasteiger partial charge in [0, 0.05) is 24.6 Å². The maximum atomic E-state index is 14.5. The standard InChI is InChI=1S/C26H25FN6O2/c27-21-9-1-2-10-22(21)33-26(31-12-3-4-13-31)20(16-29-33)25(35)30-19-8-5-7-18(15-19)17-32-14-6-11-23(32)24(28)34/h1-5,7-10,12-13,15-16,23H,6,11,14,17H2,(H2,28,34)(H,30,35). The van der Waals surface area contributed by atoms with Crippen molar-refractivity contribution in [3.63, 3.8) is 0 Å². The van der Waals surface area contributed by atoms with Crippen molar-refractivity contribution in [3.05, 3.63) is 96.2 Å². The number of rotatable bonds is 7. The minimum absolute atomic E-state index is 0.242. The molecule has 0 aliphatic carbocycles. The molecule has 8 nitrogen and oxygen atoms in total. The highest BCUT2D eigenvalue weighted by Crippen LogP contribution is 2.24. The first-order valence-corrected chi connectivity index (χ1v) is 11.4. The topological polar surface area (TPSA) is 98.2 Å². The maximum Gasteiger partial charge on any atom is 0.261 e. The van der Waals surface area contributed by atoms with Crippen LogP contribution in [0.4, 0.5) is 10.1 Å². The third-order valence-corrected chi connectivity index (χ3v) is 6.18. The molecule has 5 rings (SSSR count). The van der Waals surface area contributed by atoms with Crippen LogP contribution < -0.4 is 11.1 Å². The number of anilines is 1. The lowest BCUT2D eigenvalue weighted by atomic mass is 10.1. The van der Waals surface area contributed by atoms with Crippen LogP contribution in [0.1, 0.15) is 28.8 Å². The van der Waals surface area contributed by atoms with Gasteiger partial charge in [-0.2, -0.15) is 5.10 Å². The van der Waals surface area contributed by atoms with Gasteiger partial charge in [0.2, 0.25) is 5.91 Å². The molecule has 1 unspecified atom stereocenters. The molecule has 1 aliphatic heterocycles. The fourth-order valence-electron chi connectivity index (χ4n) is 4.54. The Hall–Kier alpha value is -4.24. The van der Waals surface area contributed by atoms with Gasteiger partial charge in [-0.25, -0.2) is 9.07 Å². The molecule has 0 spiro atoms. The zero-order valence-electron chi connectivity index (χ0n) is 19.0. The number of carbonyl (C=O) groups is 2. The molecular formula is C26H25FN6O2. The van der Waals surface area contributed by atoms with E-state index in [0.29, 0.717) is 23.6 Å². The Morgan fingerprint density at radius 2 is 1.89 bits per heavy atom. The second-order valence-electron chi connectivity index (χ2n) is 8.52. The van der Waals surface area contributed by atoms with Crippen LogP contribution in [0, 0.1) is 5.82 Å². The Bertz CT molecular complexity index is 1360. The molecule has 1 atom stereocenters. The molecule has 1 saturated heterocycles. The van der Waals surface area contributed by atoms with Gasteiger partial charge < -0.3 is 15.6 Å². The lowest BCUT2D eigenvalue weighted by Crippen LogP contribution is -2.39. The Morgan fingerprint density at radius 3 is 2.66 bits per heavy atom. The molecule has 178 valence electrons. The Labute approximate surface area is 201 Å². The molecule has 2 aromatic carbocycles. The second-order valence-corrected chi connectivity index (χ2v) is 8.52. The van der Waals surface area contributed by atoms with Crippen LogP contribution >= 0.6 is 0 Å². The number of aromatic nitrogens is 3. The van der Waals surface area contributed by atoms with Crippen LogP contribution in [0.5, 0.6) is 0 Å². The Kier molecular flexibility index (Phi) is 6.15. The van der Waals surface area contributed by atoms with E-state index in [4.69, 9.17) is 5.73 Å². The van der Waals surface area contributed by atoms with E-state index in [0.717, 1.165) is 24.9 Å². The summed E-state index contributed by atoms with van der Waals surface area (Å²) >= 11 is 0. The molecule has 0 saturated carbocycles. The van der Waals surface area contributed by atoms with E-state index in [2.05, 4.69) is 15.3 Å². The fourth-order valence-corrected chi connectivity index (χ4v) is 4.54. The van der Waals surface area contributed by atoms with E-state index in [1.807, 2.05) is 30.3 Å². The number of nitrogens with two attached hydrogens (primary N) is 1. The predicted molar refractivity (Wildman–Crippen MR) is 130 cm³/mol. The summed E-state index contributed by atoms with van der Waals surface area (Å²) in [6.07, 6.45) is 6.68. The van der Waals surface area contributed by atoms with Crippen molar-refractivity contribution >= 4 is 17.5 Å². The van der Waals surface area contributed by atoms with Crippen LogP contribution in [0.15, 0.2) is 79.3 Å². The van der Waals surface area contributed by atoms with Crippen molar-refractivity contribution in [1.29, 1.82) is 0 Å². The van der Waals surface area contributed by atoms with Crippen molar-refractivity contribution in [2.24, 2.45) is 5.73 Å². The third-order valence-electron chi connectivity index (χ3n) is 6.18. The van der Waals surface area contributed by atoms with Gasteiger partial charge in [-0.15, -0.1) is 0 Å². The highest BCUT2D eigenvalue weighted by molar-refractivity contribution is 6.06. The summed E-state index contributed by atoms with van der Waals surface area (Å²) in [5.74, 6) is -0.698. The smallest absolute Gasteiger partial charge is 0.261 e. The van der Waals surface area contributed by atoms with Gasteiger partial charge in [-0.3, -0.25) is 14.5 Å². The second kappa shape index (κ2) is 9.55. The zero-order chi connectivity index (χ0) is 24.4. The maximum absolute atomic E-state index is 14.5. The zero-order valence-corrected chi connectivity index (χ0v) is 19.0. The Morgan fingerprint density at radius 1 is 1.09 bits per heavy atom. The average molecular weight is 473 g/mol. The van der Waals surface area contributed by atoms with E-state index in [-0.39, 0.29) is 23.5 Å².